The molecule has 2 aromatic rings. The fourth-order valence-electron chi connectivity index (χ4n) is 2.37. The van der Waals surface area contributed by atoms with E-state index >= 15 is 0 Å². The molecule has 0 heterocycles. The Morgan fingerprint density at radius 2 is 1.76 bits per heavy atom. The third-order valence-corrected chi connectivity index (χ3v) is 3.52. The second-order valence-electron chi connectivity index (χ2n) is 5.90. The first-order valence-corrected chi connectivity index (χ1v) is 7.65. The Morgan fingerprint density at radius 1 is 1.00 bits per heavy atom. The summed E-state index contributed by atoms with van der Waals surface area (Å²) in [7, 11) is 0. The van der Waals surface area contributed by atoms with Crippen LogP contribution >= 0.6 is 0 Å². The second-order valence-corrected chi connectivity index (χ2v) is 5.90. The van der Waals surface area contributed by atoms with Crippen molar-refractivity contribution in [2.24, 2.45) is 11.7 Å². The van der Waals surface area contributed by atoms with Gasteiger partial charge in [0.15, 0.2) is 0 Å². The number of hydrogen-bond donors (Lipinski definition) is 1. The van der Waals surface area contributed by atoms with E-state index in [0.717, 1.165) is 18.8 Å². The largest absolute Gasteiger partial charge is 0.493 e. The average Bonchev–Trinajstić information content (AvgIpc) is 2.52. The molecule has 0 aliphatic rings. The average molecular weight is 283 g/mol. The molecule has 0 aromatic heterocycles. The Balaban J connectivity index is 2.06. The molecule has 2 N–H and O–H groups in total. The molecule has 21 heavy (non-hydrogen) atoms. The smallest absolute Gasteiger partial charge is 0.119 e. The van der Waals surface area contributed by atoms with Crippen LogP contribution in [0.15, 0.2) is 54.6 Å². The van der Waals surface area contributed by atoms with E-state index in [4.69, 9.17) is 10.5 Å². The molecule has 2 heteroatoms. The molecule has 2 aromatic carbocycles. The highest BCUT2D eigenvalue weighted by molar-refractivity contribution is 5.31. The minimum atomic E-state index is 0.353. The van der Waals surface area contributed by atoms with Gasteiger partial charge in [0.25, 0.3) is 0 Å². The maximum absolute atomic E-state index is 5.96. The van der Waals surface area contributed by atoms with Crippen molar-refractivity contribution in [2.75, 3.05) is 13.2 Å². The van der Waals surface area contributed by atoms with E-state index < -0.39 is 0 Å². The topological polar surface area (TPSA) is 35.2 Å². The van der Waals surface area contributed by atoms with Gasteiger partial charge in [-0.05, 0) is 42.1 Å². The second kappa shape index (κ2) is 7.84. The van der Waals surface area contributed by atoms with Crippen molar-refractivity contribution in [1.29, 1.82) is 0 Å². The van der Waals surface area contributed by atoms with Crippen LogP contribution in [0.5, 0.6) is 5.75 Å². The van der Waals surface area contributed by atoms with E-state index in [-0.39, 0.29) is 0 Å². The molecule has 1 atom stereocenters. The van der Waals surface area contributed by atoms with Gasteiger partial charge in [-0.15, -0.1) is 0 Å². The first-order chi connectivity index (χ1) is 10.2. The summed E-state index contributed by atoms with van der Waals surface area (Å²) in [5.41, 5.74) is 8.53. The highest BCUT2D eigenvalue weighted by Crippen LogP contribution is 2.22. The third kappa shape index (κ3) is 4.91. The first kappa shape index (κ1) is 15.6. The molecule has 0 aliphatic heterocycles. The number of ether oxygens (including phenoxy) is 1. The molecule has 0 saturated heterocycles. The van der Waals surface area contributed by atoms with Crippen molar-refractivity contribution in [3.63, 3.8) is 0 Å². The molecule has 0 bridgehead atoms. The Kier molecular flexibility index (Phi) is 5.82. The molecule has 0 radical (unpaired) electrons. The van der Waals surface area contributed by atoms with Gasteiger partial charge < -0.3 is 10.5 Å². The highest BCUT2D eigenvalue weighted by Gasteiger charge is 2.10. The Labute approximate surface area is 127 Å². The summed E-state index contributed by atoms with van der Waals surface area (Å²) >= 11 is 0. The zero-order valence-electron chi connectivity index (χ0n) is 13.0. The first-order valence-electron chi connectivity index (χ1n) is 7.65. The zero-order chi connectivity index (χ0) is 15.1. The van der Waals surface area contributed by atoms with Crippen LogP contribution in [0.3, 0.4) is 0 Å². The van der Waals surface area contributed by atoms with E-state index in [1.165, 1.54) is 11.1 Å². The fourth-order valence-corrected chi connectivity index (χ4v) is 2.37. The third-order valence-electron chi connectivity index (χ3n) is 3.52. The molecule has 0 aliphatic carbocycles. The molecule has 2 nitrogen and oxygen atoms in total. The quantitative estimate of drug-likeness (QED) is 0.833. The Morgan fingerprint density at radius 3 is 2.43 bits per heavy atom. The zero-order valence-corrected chi connectivity index (χ0v) is 13.0. The van der Waals surface area contributed by atoms with Crippen molar-refractivity contribution < 1.29 is 4.74 Å². The van der Waals surface area contributed by atoms with E-state index in [9.17, 15) is 0 Å². The standard InChI is InChI=1S/C19H25NO/c1-15(2)14-21-19-10-6-7-16(12-19)11-18(13-20)17-8-4-3-5-9-17/h3-10,12,15,18H,11,13-14,20H2,1-2H3. The summed E-state index contributed by atoms with van der Waals surface area (Å²) in [6, 6.07) is 18.8. The SMILES string of the molecule is CC(C)COc1cccc(CC(CN)c2ccccc2)c1. The fraction of sp³-hybridized carbons (Fsp3) is 0.368. The lowest BCUT2D eigenvalue weighted by Gasteiger charge is -2.16. The number of nitrogens with two attached hydrogens (primary N) is 1. The summed E-state index contributed by atoms with van der Waals surface area (Å²) in [5.74, 6) is 1.84. The highest BCUT2D eigenvalue weighted by atomic mass is 16.5. The lowest BCUT2D eigenvalue weighted by atomic mass is 9.92. The summed E-state index contributed by atoms with van der Waals surface area (Å²) in [4.78, 5) is 0. The molecule has 112 valence electrons. The molecule has 1 unspecified atom stereocenters. The van der Waals surface area contributed by atoms with Gasteiger partial charge in [0.2, 0.25) is 0 Å². The van der Waals surface area contributed by atoms with Crippen LogP contribution in [0, 0.1) is 5.92 Å². The monoisotopic (exact) mass is 283 g/mol. The summed E-state index contributed by atoms with van der Waals surface area (Å²) in [5, 5.41) is 0. The van der Waals surface area contributed by atoms with Crippen LogP contribution in [0.1, 0.15) is 30.9 Å². The van der Waals surface area contributed by atoms with Crippen LogP contribution < -0.4 is 10.5 Å². The predicted octanol–water partition coefficient (Wildman–Crippen LogP) is 4.01. The lowest BCUT2D eigenvalue weighted by Crippen LogP contribution is -2.15. The molecule has 0 fully saturated rings. The summed E-state index contributed by atoms with van der Waals surface area (Å²) in [6.45, 7) is 5.72. The molecule has 0 saturated carbocycles. The van der Waals surface area contributed by atoms with Crippen molar-refractivity contribution >= 4 is 0 Å². The van der Waals surface area contributed by atoms with Crippen molar-refractivity contribution in [2.45, 2.75) is 26.2 Å². The lowest BCUT2D eigenvalue weighted by molar-refractivity contribution is 0.271. The van der Waals surface area contributed by atoms with Gasteiger partial charge in [-0.3, -0.25) is 0 Å². The molecule has 2 rings (SSSR count). The summed E-state index contributed by atoms with van der Waals surface area (Å²) < 4.78 is 5.80. The number of hydrogen-bond acceptors (Lipinski definition) is 2. The van der Waals surface area contributed by atoms with E-state index in [0.29, 0.717) is 18.4 Å². The van der Waals surface area contributed by atoms with Crippen LogP contribution in [0.2, 0.25) is 0 Å². The van der Waals surface area contributed by atoms with Gasteiger partial charge in [-0.2, -0.15) is 0 Å². The number of rotatable bonds is 7. The normalized spacial score (nSPS) is 12.4. The van der Waals surface area contributed by atoms with Gasteiger partial charge in [0.1, 0.15) is 5.75 Å². The molecular formula is C19H25NO. The van der Waals surface area contributed by atoms with Gasteiger partial charge in [0, 0.05) is 5.92 Å². The van der Waals surface area contributed by atoms with Gasteiger partial charge in [-0.25, -0.2) is 0 Å². The molecule has 0 amide bonds. The molecular weight excluding hydrogens is 258 g/mol. The van der Waals surface area contributed by atoms with Crippen LogP contribution in [0.25, 0.3) is 0 Å². The van der Waals surface area contributed by atoms with Gasteiger partial charge in [-0.1, -0.05) is 56.3 Å². The minimum absolute atomic E-state index is 0.353. The van der Waals surface area contributed by atoms with E-state index in [1.807, 2.05) is 12.1 Å². The number of benzene rings is 2. The maximum Gasteiger partial charge on any atom is 0.119 e. The van der Waals surface area contributed by atoms with Crippen LogP contribution in [0.4, 0.5) is 0 Å². The van der Waals surface area contributed by atoms with E-state index in [2.05, 4.69) is 56.3 Å². The van der Waals surface area contributed by atoms with Crippen molar-refractivity contribution in [1.82, 2.24) is 0 Å². The van der Waals surface area contributed by atoms with Crippen molar-refractivity contribution in [3.05, 3.63) is 65.7 Å². The summed E-state index contributed by atoms with van der Waals surface area (Å²) in [6.07, 6.45) is 0.944. The Hall–Kier alpha value is -1.80. The van der Waals surface area contributed by atoms with Crippen LogP contribution in [-0.4, -0.2) is 13.2 Å². The van der Waals surface area contributed by atoms with E-state index in [1.54, 1.807) is 0 Å². The predicted molar refractivity (Wildman–Crippen MR) is 88.7 cm³/mol. The van der Waals surface area contributed by atoms with Crippen LogP contribution in [-0.2, 0) is 6.42 Å². The van der Waals surface area contributed by atoms with Crippen molar-refractivity contribution in [3.8, 4) is 5.75 Å². The Bertz CT molecular complexity index is 536. The van der Waals surface area contributed by atoms with Gasteiger partial charge >= 0.3 is 0 Å². The maximum atomic E-state index is 5.96. The molecule has 0 spiro atoms. The minimum Gasteiger partial charge on any atom is -0.493 e. The van der Waals surface area contributed by atoms with Gasteiger partial charge in [0.05, 0.1) is 6.61 Å².